The van der Waals surface area contributed by atoms with Crippen molar-refractivity contribution in [1.29, 1.82) is 0 Å². The summed E-state index contributed by atoms with van der Waals surface area (Å²) in [4.78, 5) is 12.1. The molecule has 0 aliphatic carbocycles. The van der Waals surface area contributed by atoms with Gasteiger partial charge in [0, 0.05) is 16.0 Å². The van der Waals surface area contributed by atoms with E-state index in [0.29, 0.717) is 22.8 Å². The first-order chi connectivity index (χ1) is 14.5. The number of aryl methyl sites for hydroxylation is 1. The highest BCUT2D eigenvalue weighted by Crippen LogP contribution is 2.34. The molecule has 0 aliphatic heterocycles. The number of halogens is 3. The number of thioether (sulfide) groups is 1. The number of carboxylic acids is 1. The van der Waals surface area contributed by atoms with Gasteiger partial charge >= 0.3 is 12.1 Å². The van der Waals surface area contributed by atoms with Gasteiger partial charge in [-0.3, -0.25) is 4.79 Å². The Balaban J connectivity index is 1.65. The smallest absolute Gasteiger partial charge is 0.416 e. The van der Waals surface area contributed by atoms with Gasteiger partial charge in [-0.25, -0.2) is 0 Å². The highest BCUT2D eigenvalue weighted by molar-refractivity contribution is 8.01. The molecule has 1 N–H and O–H groups in total. The second-order valence-corrected chi connectivity index (χ2v) is 9.14. The van der Waals surface area contributed by atoms with E-state index in [4.69, 9.17) is 9.15 Å². The van der Waals surface area contributed by atoms with Gasteiger partial charge in [-0.1, -0.05) is 12.1 Å². The maximum atomic E-state index is 12.7. The number of alkyl halides is 3. The van der Waals surface area contributed by atoms with E-state index in [2.05, 4.69) is 0 Å². The molecule has 4 nitrogen and oxygen atoms in total. The lowest BCUT2D eigenvalue weighted by Gasteiger charge is -2.18. The summed E-state index contributed by atoms with van der Waals surface area (Å²) in [6.45, 7) is 5.27. The first-order valence-corrected chi connectivity index (χ1v) is 10.2. The molecule has 1 heterocycles. The highest BCUT2D eigenvalue weighted by Gasteiger charge is 2.30. The van der Waals surface area contributed by atoms with Gasteiger partial charge in [0.25, 0.3) is 0 Å². The average molecular weight is 450 g/mol. The van der Waals surface area contributed by atoms with E-state index in [1.807, 2.05) is 0 Å². The van der Waals surface area contributed by atoms with Crippen LogP contribution in [-0.2, 0) is 17.6 Å². The molecule has 0 atom stereocenters. The van der Waals surface area contributed by atoms with Crippen LogP contribution in [0.5, 0.6) is 5.75 Å². The van der Waals surface area contributed by atoms with Crippen molar-refractivity contribution in [2.24, 2.45) is 0 Å². The summed E-state index contributed by atoms with van der Waals surface area (Å²) in [5.41, 5.74) is 0.613. The number of furan rings is 1. The number of rotatable bonds is 7. The first-order valence-electron chi connectivity index (χ1n) is 9.38. The van der Waals surface area contributed by atoms with Crippen molar-refractivity contribution in [2.75, 3.05) is 0 Å². The van der Waals surface area contributed by atoms with E-state index in [1.54, 1.807) is 51.1 Å². The summed E-state index contributed by atoms with van der Waals surface area (Å²) in [5, 5.41) is 9.22. The number of carboxylic acid groups (broad SMARTS) is 1. The van der Waals surface area contributed by atoms with Crippen LogP contribution in [0.15, 0.2) is 63.9 Å². The minimum absolute atomic E-state index is 0.225. The van der Waals surface area contributed by atoms with E-state index in [0.717, 1.165) is 22.6 Å². The van der Waals surface area contributed by atoms with Crippen molar-refractivity contribution in [3.8, 4) is 17.1 Å². The van der Waals surface area contributed by atoms with Crippen LogP contribution in [0.2, 0.25) is 0 Å². The van der Waals surface area contributed by atoms with Gasteiger partial charge < -0.3 is 14.3 Å². The Morgan fingerprint density at radius 3 is 2.23 bits per heavy atom. The quantitative estimate of drug-likeness (QED) is 0.401. The molecule has 0 saturated carbocycles. The third kappa shape index (κ3) is 5.64. The van der Waals surface area contributed by atoms with Crippen molar-refractivity contribution in [3.05, 3.63) is 71.5 Å². The number of hydrogen-bond donors (Lipinski definition) is 1. The van der Waals surface area contributed by atoms with Crippen LogP contribution < -0.4 is 4.74 Å². The number of carbonyl (C=O) groups is 1. The molecule has 3 rings (SSSR count). The molecule has 8 heteroatoms. The zero-order valence-corrected chi connectivity index (χ0v) is 17.9. The first kappa shape index (κ1) is 22.8. The molecule has 164 valence electrons. The molecular formula is C23H21F3O4S. The second kappa shape index (κ2) is 8.70. The predicted molar refractivity (Wildman–Crippen MR) is 112 cm³/mol. The topological polar surface area (TPSA) is 59.7 Å². The zero-order valence-electron chi connectivity index (χ0n) is 17.1. The maximum absolute atomic E-state index is 12.7. The lowest BCUT2D eigenvalue weighted by Crippen LogP contribution is -2.26. The Labute approximate surface area is 182 Å². The fourth-order valence-corrected chi connectivity index (χ4v) is 3.68. The molecule has 0 aliphatic rings. The van der Waals surface area contributed by atoms with Crippen molar-refractivity contribution < 1.29 is 32.2 Å². The molecule has 0 radical (unpaired) electrons. The van der Waals surface area contributed by atoms with Crippen LogP contribution in [0.25, 0.3) is 11.3 Å². The standard InChI is InChI=1S/C23H21F3O4S/c1-14-16(12-20(30-14)15-4-6-17(7-5-15)23(24,25)26)13-29-18-8-10-19(11-9-18)31-22(2,3)21(27)28/h4-12H,13H2,1-3H3,(H,27,28). The van der Waals surface area contributed by atoms with Gasteiger partial charge in [-0.15, -0.1) is 11.8 Å². The molecule has 0 spiro atoms. The molecule has 3 aromatic rings. The van der Waals surface area contributed by atoms with E-state index < -0.39 is 22.5 Å². The second-order valence-electron chi connectivity index (χ2n) is 7.44. The lowest BCUT2D eigenvalue weighted by atomic mass is 10.1. The van der Waals surface area contributed by atoms with Crippen LogP contribution in [0.4, 0.5) is 13.2 Å². The number of hydrogen-bond acceptors (Lipinski definition) is 4. The van der Waals surface area contributed by atoms with Gasteiger partial charge in [-0.05, 0) is 63.2 Å². The van der Waals surface area contributed by atoms with Crippen LogP contribution in [0.3, 0.4) is 0 Å². The maximum Gasteiger partial charge on any atom is 0.416 e. The van der Waals surface area contributed by atoms with Gasteiger partial charge in [0.1, 0.15) is 28.6 Å². The normalized spacial score (nSPS) is 12.1. The van der Waals surface area contributed by atoms with Crippen molar-refractivity contribution >= 4 is 17.7 Å². The summed E-state index contributed by atoms with van der Waals surface area (Å²) < 4.78 is 48.7. The molecular weight excluding hydrogens is 429 g/mol. The monoisotopic (exact) mass is 450 g/mol. The zero-order chi connectivity index (χ0) is 22.8. The summed E-state index contributed by atoms with van der Waals surface area (Å²) in [7, 11) is 0. The fraction of sp³-hybridized carbons (Fsp3) is 0.261. The summed E-state index contributed by atoms with van der Waals surface area (Å²) in [6.07, 6.45) is -4.38. The van der Waals surface area contributed by atoms with E-state index in [9.17, 15) is 23.1 Å². The minimum atomic E-state index is -4.38. The number of aliphatic carboxylic acids is 1. The van der Waals surface area contributed by atoms with Gasteiger partial charge in [-0.2, -0.15) is 13.2 Å². The van der Waals surface area contributed by atoms with Gasteiger partial charge in [0.15, 0.2) is 0 Å². The van der Waals surface area contributed by atoms with Gasteiger partial charge in [0.05, 0.1) is 5.56 Å². The molecule has 1 aromatic heterocycles. The van der Waals surface area contributed by atoms with Gasteiger partial charge in [0.2, 0.25) is 0 Å². The Bertz CT molecular complexity index is 1050. The Hall–Kier alpha value is -2.87. The third-order valence-corrected chi connectivity index (χ3v) is 5.82. The Morgan fingerprint density at radius 1 is 1.06 bits per heavy atom. The molecule has 0 unspecified atom stereocenters. The van der Waals surface area contributed by atoms with Crippen molar-refractivity contribution in [1.82, 2.24) is 0 Å². The van der Waals surface area contributed by atoms with Crippen LogP contribution >= 0.6 is 11.8 Å². The molecule has 31 heavy (non-hydrogen) atoms. The highest BCUT2D eigenvalue weighted by atomic mass is 32.2. The third-order valence-electron chi connectivity index (χ3n) is 4.62. The SMILES string of the molecule is Cc1oc(-c2ccc(C(F)(F)F)cc2)cc1COc1ccc(SC(C)(C)C(=O)O)cc1. The summed E-state index contributed by atoms with van der Waals surface area (Å²) >= 11 is 1.24. The minimum Gasteiger partial charge on any atom is -0.489 e. The van der Waals surface area contributed by atoms with E-state index >= 15 is 0 Å². The summed E-state index contributed by atoms with van der Waals surface area (Å²) in [6, 6.07) is 13.6. The van der Waals surface area contributed by atoms with Crippen molar-refractivity contribution in [2.45, 2.75) is 43.2 Å². The number of ether oxygens (including phenoxy) is 1. The number of benzene rings is 2. The lowest BCUT2D eigenvalue weighted by molar-refractivity contribution is -0.139. The molecule has 0 bridgehead atoms. The van der Waals surface area contributed by atoms with E-state index in [1.165, 1.54) is 23.9 Å². The van der Waals surface area contributed by atoms with Crippen LogP contribution in [0, 0.1) is 6.92 Å². The molecule has 2 aromatic carbocycles. The van der Waals surface area contributed by atoms with Crippen molar-refractivity contribution in [3.63, 3.8) is 0 Å². The summed E-state index contributed by atoms with van der Waals surface area (Å²) in [5.74, 6) is 0.795. The molecule has 0 saturated heterocycles. The fourth-order valence-electron chi connectivity index (χ4n) is 2.73. The Kier molecular flexibility index (Phi) is 6.40. The molecule has 0 fully saturated rings. The van der Waals surface area contributed by atoms with Crippen LogP contribution in [0.1, 0.15) is 30.7 Å². The average Bonchev–Trinajstić information content (AvgIpc) is 3.07. The molecule has 0 amide bonds. The predicted octanol–water partition coefficient (Wildman–Crippen LogP) is 6.81. The Morgan fingerprint density at radius 2 is 1.68 bits per heavy atom. The van der Waals surface area contributed by atoms with Crippen LogP contribution in [-0.4, -0.2) is 15.8 Å². The van der Waals surface area contributed by atoms with E-state index in [-0.39, 0.29) is 6.61 Å². The largest absolute Gasteiger partial charge is 0.489 e.